The van der Waals surface area contributed by atoms with Crippen molar-refractivity contribution in [2.24, 2.45) is 10.9 Å². The van der Waals surface area contributed by atoms with Crippen LogP contribution in [0.15, 0.2) is 23.3 Å². The van der Waals surface area contributed by atoms with E-state index < -0.39 is 0 Å². The average molecular weight is 190 g/mol. The van der Waals surface area contributed by atoms with Gasteiger partial charge in [-0.25, -0.2) is 0 Å². The Morgan fingerprint density at radius 2 is 2.21 bits per heavy atom. The van der Waals surface area contributed by atoms with Crippen molar-refractivity contribution in [2.75, 3.05) is 7.11 Å². The van der Waals surface area contributed by atoms with Crippen molar-refractivity contribution >= 4 is 5.71 Å². The zero-order chi connectivity index (χ0) is 9.97. The molecule has 14 heavy (non-hydrogen) atoms. The second-order valence-corrected chi connectivity index (χ2v) is 3.45. The summed E-state index contributed by atoms with van der Waals surface area (Å²) < 4.78 is 5.18. The van der Waals surface area contributed by atoms with Gasteiger partial charge in [0.25, 0.3) is 0 Å². The molecule has 2 N–H and O–H groups in total. The highest BCUT2D eigenvalue weighted by Crippen LogP contribution is 2.25. The van der Waals surface area contributed by atoms with Gasteiger partial charge in [0.1, 0.15) is 5.75 Å². The molecule has 0 saturated heterocycles. The number of fused-ring (bicyclic) bond motifs is 1. The van der Waals surface area contributed by atoms with Crippen molar-refractivity contribution in [3.05, 3.63) is 29.3 Å². The minimum Gasteiger partial charge on any atom is -0.497 e. The van der Waals surface area contributed by atoms with Gasteiger partial charge in [0.15, 0.2) is 0 Å². The van der Waals surface area contributed by atoms with Crippen LogP contribution < -0.4 is 10.6 Å². The Hall–Kier alpha value is -1.51. The number of rotatable bonds is 1. The summed E-state index contributed by atoms with van der Waals surface area (Å²) in [6.07, 6.45) is 3.19. The molecule has 0 radical (unpaired) electrons. The van der Waals surface area contributed by atoms with Crippen LogP contribution in [0, 0.1) is 0 Å². The number of hydrogen-bond donors (Lipinski definition) is 1. The Morgan fingerprint density at radius 3 is 2.93 bits per heavy atom. The molecular weight excluding hydrogens is 176 g/mol. The minimum absolute atomic E-state index is 0.905. The van der Waals surface area contributed by atoms with E-state index in [1.807, 2.05) is 12.1 Å². The highest BCUT2D eigenvalue weighted by molar-refractivity contribution is 6.02. The minimum atomic E-state index is 0.905. The predicted molar refractivity (Wildman–Crippen MR) is 56.7 cm³/mol. The summed E-state index contributed by atoms with van der Waals surface area (Å²) in [6.45, 7) is 0. The third-order valence-electron chi connectivity index (χ3n) is 2.64. The van der Waals surface area contributed by atoms with E-state index in [2.05, 4.69) is 11.2 Å². The van der Waals surface area contributed by atoms with Crippen LogP contribution in [-0.4, -0.2) is 12.8 Å². The van der Waals surface area contributed by atoms with Crippen molar-refractivity contribution in [3.63, 3.8) is 0 Å². The van der Waals surface area contributed by atoms with Gasteiger partial charge in [0.2, 0.25) is 0 Å². The summed E-state index contributed by atoms with van der Waals surface area (Å²) in [7, 11) is 1.68. The van der Waals surface area contributed by atoms with Crippen molar-refractivity contribution in [1.29, 1.82) is 0 Å². The molecule has 0 aliphatic heterocycles. The van der Waals surface area contributed by atoms with Crippen molar-refractivity contribution in [3.8, 4) is 5.75 Å². The molecule has 0 amide bonds. The fraction of sp³-hybridized carbons (Fsp3) is 0.364. The van der Waals surface area contributed by atoms with Crippen molar-refractivity contribution in [1.82, 2.24) is 0 Å². The molecule has 0 bridgehead atoms. The van der Waals surface area contributed by atoms with E-state index in [9.17, 15) is 0 Å². The molecule has 0 fully saturated rings. The summed E-state index contributed by atoms with van der Waals surface area (Å²) in [5.74, 6) is 6.25. The molecule has 1 aliphatic rings. The SMILES string of the molecule is COc1ccc2c(c1)CCCC2=NN. The van der Waals surface area contributed by atoms with Crippen LogP contribution in [0.5, 0.6) is 5.75 Å². The van der Waals surface area contributed by atoms with Gasteiger partial charge in [-0.05, 0) is 43.0 Å². The third kappa shape index (κ3) is 1.45. The summed E-state index contributed by atoms with van der Waals surface area (Å²) in [5.41, 5.74) is 3.48. The molecule has 0 heterocycles. The van der Waals surface area contributed by atoms with E-state index in [0.717, 1.165) is 30.7 Å². The number of ether oxygens (including phenoxy) is 1. The highest BCUT2D eigenvalue weighted by atomic mass is 16.5. The van der Waals surface area contributed by atoms with Gasteiger partial charge in [-0.15, -0.1) is 0 Å². The van der Waals surface area contributed by atoms with Gasteiger partial charge in [-0.1, -0.05) is 0 Å². The number of nitrogens with two attached hydrogens (primary N) is 1. The van der Waals surface area contributed by atoms with Gasteiger partial charge in [-0.2, -0.15) is 5.10 Å². The van der Waals surface area contributed by atoms with Crippen molar-refractivity contribution < 1.29 is 4.74 Å². The van der Waals surface area contributed by atoms with Crippen LogP contribution in [0.3, 0.4) is 0 Å². The number of hydrogen-bond acceptors (Lipinski definition) is 3. The molecule has 1 aliphatic carbocycles. The fourth-order valence-electron chi connectivity index (χ4n) is 1.90. The quantitative estimate of drug-likeness (QED) is 0.541. The summed E-state index contributed by atoms with van der Waals surface area (Å²) in [5, 5.41) is 3.82. The smallest absolute Gasteiger partial charge is 0.119 e. The van der Waals surface area contributed by atoms with Crippen LogP contribution in [0.4, 0.5) is 0 Å². The van der Waals surface area contributed by atoms with Gasteiger partial charge in [0, 0.05) is 5.56 Å². The normalized spacial score (nSPS) is 17.9. The Bertz CT molecular complexity index is 372. The number of benzene rings is 1. The topological polar surface area (TPSA) is 47.6 Å². The molecule has 0 aromatic heterocycles. The Morgan fingerprint density at radius 1 is 1.36 bits per heavy atom. The molecule has 1 aromatic rings. The Balaban J connectivity index is 2.46. The summed E-state index contributed by atoms with van der Waals surface area (Å²) in [4.78, 5) is 0. The number of hydrazone groups is 1. The molecular formula is C11H14N2O. The van der Waals surface area contributed by atoms with Crippen LogP contribution in [-0.2, 0) is 6.42 Å². The van der Waals surface area contributed by atoms with Crippen LogP contribution in [0.25, 0.3) is 0 Å². The van der Waals surface area contributed by atoms with Gasteiger partial charge < -0.3 is 10.6 Å². The van der Waals surface area contributed by atoms with Crippen LogP contribution in [0.2, 0.25) is 0 Å². The van der Waals surface area contributed by atoms with E-state index in [-0.39, 0.29) is 0 Å². The maximum absolute atomic E-state index is 5.35. The van der Waals surface area contributed by atoms with Gasteiger partial charge >= 0.3 is 0 Å². The van der Waals surface area contributed by atoms with E-state index in [4.69, 9.17) is 10.6 Å². The Labute approximate surface area is 83.6 Å². The van der Waals surface area contributed by atoms with Gasteiger partial charge in [-0.3, -0.25) is 0 Å². The Kier molecular flexibility index (Phi) is 2.39. The summed E-state index contributed by atoms with van der Waals surface area (Å²) in [6, 6.07) is 6.06. The molecule has 0 saturated carbocycles. The zero-order valence-electron chi connectivity index (χ0n) is 8.29. The second kappa shape index (κ2) is 3.70. The first kappa shape index (κ1) is 9.06. The van der Waals surface area contributed by atoms with E-state index in [1.165, 1.54) is 11.1 Å². The molecule has 3 nitrogen and oxygen atoms in total. The lowest BCUT2D eigenvalue weighted by atomic mass is 9.90. The first-order valence-electron chi connectivity index (χ1n) is 4.79. The molecule has 0 atom stereocenters. The molecule has 0 spiro atoms. The maximum Gasteiger partial charge on any atom is 0.119 e. The van der Waals surface area contributed by atoms with E-state index in [0.29, 0.717) is 0 Å². The molecule has 0 unspecified atom stereocenters. The standard InChI is InChI=1S/C11H14N2O/c1-14-9-5-6-10-8(7-9)3-2-4-11(10)13-12/h5-7H,2-4,12H2,1H3. The van der Waals surface area contributed by atoms with E-state index in [1.54, 1.807) is 7.11 Å². The largest absolute Gasteiger partial charge is 0.497 e. The van der Waals surface area contributed by atoms with Crippen molar-refractivity contribution in [2.45, 2.75) is 19.3 Å². The predicted octanol–water partition coefficient (Wildman–Crippen LogP) is 1.69. The first-order valence-corrected chi connectivity index (χ1v) is 4.79. The first-order chi connectivity index (χ1) is 6.85. The maximum atomic E-state index is 5.35. The lowest BCUT2D eigenvalue weighted by Gasteiger charge is -2.17. The lowest BCUT2D eigenvalue weighted by molar-refractivity contribution is 0.414. The van der Waals surface area contributed by atoms with Gasteiger partial charge in [0.05, 0.1) is 12.8 Å². The zero-order valence-corrected chi connectivity index (χ0v) is 8.29. The van der Waals surface area contributed by atoms with Crippen LogP contribution >= 0.6 is 0 Å². The number of aryl methyl sites for hydroxylation is 1. The third-order valence-corrected chi connectivity index (χ3v) is 2.64. The number of nitrogens with zero attached hydrogens (tertiary/aromatic N) is 1. The molecule has 74 valence electrons. The second-order valence-electron chi connectivity index (χ2n) is 3.45. The molecule has 3 heteroatoms. The average Bonchev–Trinajstić information content (AvgIpc) is 2.27. The summed E-state index contributed by atoms with van der Waals surface area (Å²) >= 11 is 0. The monoisotopic (exact) mass is 190 g/mol. The van der Waals surface area contributed by atoms with Crippen LogP contribution in [0.1, 0.15) is 24.0 Å². The fourth-order valence-corrected chi connectivity index (χ4v) is 1.90. The molecule has 1 aromatic carbocycles. The lowest BCUT2D eigenvalue weighted by Crippen LogP contribution is -2.13. The highest BCUT2D eigenvalue weighted by Gasteiger charge is 2.15. The van der Waals surface area contributed by atoms with E-state index >= 15 is 0 Å². The number of methoxy groups -OCH3 is 1. The molecule has 2 rings (SSSR count).